The fraction of sp³-hybridized carbons (Fsp3) is 0.462. The van der Waals surface area contributed by atoms with Gasteiger partial charge in [0.1, 0.15) is 24.5 Å². The molecule has 2 heterocycles. The molecule has 2 atom stereocenters. The average Bonchev–Trinajstić information content (AvgIpc) is 3.10. The number of carbonyl (C=O) groups is 1. The molecule has 0 aliphatic heterocycles. The monoisotopic (exact) mass is 277 g/mol. The SMILES string of the molecule is C[C@@H](C(=O)NC[C@@H](c1ccco1)N(C)C)n1cncn1. The summed E-state index contributed by atoms with van der Waals surface area (Å²) in [6.45, 7) is 2.25. The first kappa shape index (κ1) is 14.3. The number of aromatic nitrogens is 3. The molecular weight excluding hydrogens is 258 g/mol. The minimum atomic E-state index is -0.392. The van der Waals surface area contributed by atoms with Crippen molar-refractivity contribution in [1.29, 1.82) is 0 Å². The fourth-order valence-electron chi connectivity index (χ4n) is 1.90. The summed E-state index contributed by atoms with van der Waals surface area (Å²) < 4.78 is 6.92. The van der Waals surface area contributed by atoms with Crippen molar-refractivity contribution in [1.82, 2.24) is 25.0 Å². The zero-order valence-corrected chi connectivity index (χ0v) is 11.9. The summed E-state index contributed by atoms with van der Waals surface area (Å²) in [5, 5.41) is 6.88. The van der Waals surface area contributed by atoms with Crippen molar-refractivity contribution in [3.63, 3.8) is 0 Å². The number of likely N-dealkylation sites (N-methyl/N-ethyl adjacent to an activating group) is 1. The Bertz CT molecular complexity index is 521. The number of amides is 1. The minimum Gasteiger partial charge on any atom is -0.468 e. The minimum absolute atomic E-state index is 0.00287. The maximum Gasteiger partial charge on any atom is 0.244 e. The molecular formula is C13H19N5O2. The third kappa shape index (κ3) is 3.24. The second kappa shape index (κ2) is 6.33. The smallest absolute Gasteiger partial charge is 0.244 e. The predicted octanol–water partition coefficient (Wildman–Crippen LogP) is 0.851. The molecule has 108 valence electrons. The summed E-state index contributed by atoms with van der Waals surface area (Å²) in [7, 11) is 3.89. The van der Waals surface area contributed by atoms with Crippen LogP contribution in [0.1, 0.15) is 24.8 Å². The Morgan fingerprint density at radius 1 is 1.55 bits per heavy atom. The molecule has 0 saturated carbocycles. The van der Waals surface area contributed by atoms with Crippen molar-refractivity contribution >= 4 is 5.91 Å². The molecule has 0 radical (unpaired) electrons. The van der Waals surface area contributed by atoms with Gasteiger partial charge in [0, 0.05) is 6.54 Å². The highest BCUT2D eigenvalue weighted by Crippen LogP contribution is 2.17. The molecule has 0 fully saturated rings. The van der Waals surface area contributed by atoms with Gasteiger partial charge in [0.05, 0.1) is 12.3 Å². The summed E-state index contributed by atoms with van der Waals surface area (Å²) in [6, 6.07) is 3.34. The van der Waals surface area contributed by atoms with Crippen molar-refractivity contribution in [3.8, 4) is 0 Å². The van der Waals surface area contributed by atoms with Crippen LogP contribution in [0.2, 0.25) is 0 Å². The fourth-order valence-corrected chi connectivity index (χ4v) is 1.90. The van der Waals surface area contributed by atoms with E-state index in [0.29, 0.717) is 6.54 Å². The number of rotatable bonds is 6. The lowest BCUT2D eigenvalue weighted by atomic mass is 10.2. The standard InChI is InChI=1S/C13H19N5O2/c1-10(18-9-14-8-16-18)13(19)15-7-11(17(2)3)12-5-4-6-20-12/h4-6,8-11H,7H2,1-3H3,(H,15,19)/t10-,11-/m0/s1. The number of carbonyl (C=O) groups excluding carboxylic acids is 1. The number of furan rings is 1. The zero-order chi connectivity index (χ0) is 14.5. The maximum absolute atomic E-state index is 12.1. The predicted molar refractivity (Wildman–Crippen MR) is 72.9 cm³/mol. The normalized spacial score (nSPS) is 14.2. The Labute approximate surface area is 117 Å². The van der Waals surface area contributed by atoms with Gasteiger partial charge in [-0.15, -0.1) is 0 Å². The van der Waals surface area contributed by atoms with E-state index in [0.717, 1.165) is 5.76 Å². The lowest BCUT2D eigenvalue weighted by Crippen LogP contribution is -2.37. The van der Waals surface area contributed by atoms with E-state index in [1.165, 1.54) is 17.3 Å². The summed E-state index contributed by atoms with van der Waals surface area (Å²) >= 11 is 0. The highest BCUT2D eigenvalue weighted by molar-refractivity contribution is 5.79. The van der Waals surface area contributed by atoms with E-state index >= 15 is 0 Å². The van der Waals surface area contributed by atoms with Crippen LogP contribution in [0.5, 0.6) is 0 Å². The molecule has 1 N–H and O–H groups in total. The molecule has 0 unspecified atom stereocenters. The third-order valence-electron chi connectivity index (χ3n) is 3.18. The van der Waals surface area contributed by atoms with Gasteiger partial charge in [0.15, 0.2) is 0 Å². The molecule has 1 amide bonds. The molecule has 2 aromatic rings. The molecule has 0 aromatic carbocycles. The lowest BCUT2D eigenvalue weighted by Gasteiger charge is -2.23. The van der Waals surface area contributed by atoms with Crippen LogP contribution >= 0.6 is 0 Å². The summed E-state index contributed by atoms with van der Waals surface area (Å²) in [6.07, 6.45) is 4.57. The molecule has 2 aromatic heterocycles. The number of hydrogen-bond acceptors (Lipinski definition) is 5. The molecule has 0 bridgehead atoms. The van der Waals surface area contributed by atoms with Gasteiger partial charge in [-0.2, -0.15) is 5.10 Å². The molecule has 0 spiro atoms. The lowest BCUT2D eigenvalue weighted by molar-refractivity contribution is -0.124. The van der Waals surface area contributed by atoms with E-state index in [4.69, 9.17) is 4.42 Å². The van der Waals surface area contributed by atoms with Gasteiger partial charge in [-0.1, -0.05) is 0 Å². The zero-order valence-electron chi connectivity index (χ0n) is 11.9. The second-order valence-corrected chi connectivity index (χ2v) is 4.79. The van der Waals surface area contributed by atoms with Crippen LogP contribution in [-0.4, -0.2) is 46.2 Å². The summed E-state index contributed by atoms with van der Waals surface area (Å²) in [5.41, 5.74) is 0. The van der Waals surface area contributed by atoms with Crippen LogP contribution < -0.4 is 5.32 Å². The Morgan fingerprint density at radius 2 is 2.35 bits per heavy atom. The molecule has 0 saturated heterocycles. The van der Waals surface area contributed by atoms with E-state index < -0.39 is 6.04 Å². The average molecular weight is 277 g/mol. The Hall–Kier alpha value is -2.15. The quantitative estimate of drug-likeness (QED) is 0.847. The molecule has 0 aliphatic carbocycles. The van der Waals surface area contributed by atoms with E-state index in [1.807, 2.05) is 31.1 Å². The molecule has 7 heteroatoms. The van der Waals surface area contributed by atoms with Crippen LogP contribution in [0.25, 0.3) is 0 Å². The van der Waals surface area contributed by atoms with Crippen LogP contribution in [0, 0.1) is 0 Å². The van der Waals surface area contributed by atoms with Crippen LogP contribution in [-0.2, 0) is 4.79 Å². The largest absolute Gasteiger partial charge is 0.468 e. The van der Waals surface area contributed by atoms with Gasteiger partial charge < -0.3 is 9.73 Å². The van der Waals surface area contributed by atoms with E-state index in [9.17, 15) is 4.79 Å². The van der Waals surface area contributed by atoms with E-state index in [1.54, 1.807) is 13.2 Å². The molecule has 0 aliphatic rings. The van der Waals surface area contributed by atoms with E-state index in [-0.39, 0.29) is 11.9 Å². The van der Waals surface area contributed by atoms with Gasteiger partial charge in [-0.3, -0.25) is 9.69 Å². The van der Waals surface area contributed by atoms with Crippen molar-refractivity contribution in [2.24, 2.45) is 0 Å². The summed E-state index contributed by atoms with van der Waals surface area (Å²) in [4.78, 5) is 17.9. The second-order valence-electron chi connectivity index (χ2n) is 4.79. The van der Waals surface area contributed by atoms with Gasteiger partial charge in [-0.25, -0.2) is 9.67 Å². The molecule has 7 nitrogen and oxygen atoms in total. The van der Waals surface area contributed by atoms with Gasteiger partial charge in [0.25, 0.3) is 0 Å². The molecule has 20 heavy (non-hydrogen) atoms. The number of nitrogens with one attached hydrogen (secondary N) is 1. The van der Waals surface area contributed by atoms with E-state index in [2.05, 4.69) is 15.4 Å². The first-order chi connectivity index (χ1) is 9.59. The first-order valence-electron chi connectivity index (χ1n) is 6.41. The van der Waals surface area contributed by atoms with Crippen molar-refractivity contribution in [3.05, 3.63) is 36.8 Å². The Kier molecular flexibility index (Phi) is 4.52. The first-order valence-corrected chi connectivity index (χ1v) is 6.41. The van der Waals surface area contributed by atoms with Crippen molar-refractivity contribution in [2.45, 2.75) is 19.0 Å². The van der Waals surface area contributed by atoms with Gasteiger partial charge in [-0.05, 0) is 33.2 Å². The van der Waals surface area contributed by atoms with Crippen LogP contribution in [0.3, 0.4) is 0 Å². The van der Waals surface area contributed by atoms with Crippen LogP contribution in [0.4, 0.5) is 0 Å². The highest BCUT2D eigenvalue weighted by atomic mass is 16.3. The summed E-state index contributed by atoms with van der Waals surface area (Å²) in [5.74, 6) is 0.720. The topological polar surface area (TPSA) is 76.2 Å². The highest BCUT2D eigenvalue weighted by Gasteiger charge is 2.20. The van der Waals surface area contributed by atoms with Gasteiger partial charge in [0.2, 0.25) is 5.91 Å². The Balaban J connectivity index is 1.94. The van der Waals surface area contributed by atoms with Gasteiger partial charge >= 0.3 is 0 Å². The Morgan fingerprint density at radius 3 is 2.90 bits per heavy atom. The molecule has 2 rings (SSSR count). The van der Waals surface area contributed by atoms with Crippen LogP contribution in [0.15, 0.2) is 35.5 Å². The van der Waals surface area contributed by atoms with Crippen molar-refractivity contribution in [2.75, 3.05) is 20.6 Å². The van der Waals surface area contributed by atoms with Crippen molar-refractivity contribution < 1.29 is 9.21 Å². The number of nitrogens with zero attached hydrogens (tertiary/aromatic N) is 4. The third-order valence-corrected chi connectivity index (χ3v) is 3.18. The number of hydrogen-bond donors (Lipinski definition) is 1. The maximum atomic E-state index is 12.1.